The van der Waals surface area contributed by atoms with Gasteiger partial charge in [0.05, 0.1) is 6.54 Å². The first-order chi connectivity index (χ1) is 8.18. The molecule has 1 unspecified atom stereocenters. The highest BCUT2D eigenvalue weighted by Gasteiger charge is 2.29. The Morgan fingerprint density at radius 2 is 2.06 bits per heavy atom. The minimum absolute atomic E-state index is 0. The summed E-state index contributed by atoms with van der Waals surface area (Å²) < 4.78 is 0.332. The van der Waals surface area contributed by atoms with Gasteiger partial charge in [0, 0.05) is 10.8 Å². The lowest BCUT2D eigenvalue weighted by Gasteiger charge is -2.24. The lowest BCUT2D eigenvalue weighted by atomic mass is 9.96. The van der Waals surface area contributed by atoms with E-state index in [1.165, 1.54) is 50.7 Å². The van der Waals surface area contributed by atoms with E-state index >= 15 is 0 Å². The summed E-state index contributed by atoms with van der Waals surface area (Å²) in [6, 6.07) is 0.566. The molecule has 0 bridgehead atoms. The van der Waals surface area contributed by atoms with Crippen molar-refractivity contribution in [1.29, 1.82) is 0 Å². The second-order valence-electron chi connectivity index (χ2n) is 5.58. The number of aliphatic imine (C=N–C) groups is 1. The van der Waals surface area contributed by atoms with Crippen molar-refractivity contribution in [2.24, 2.45) is 10.7 Å². The average Bonchev–Trinajstić information content (AvgIpc) is 2.76. The molecule has 0 aromatic heterocycles. The first-order valence-corrected chi connectivity index (χ1v) is 7.87. The summed E-state index contributed by atoms with van der Waals surface area (Å²) in [5.74, 6) is 1.94. The minimum atomic E-state index is 0. The number of rotatable bonds is 3. The van der Waals surface area contributed by atoms with E-state index in [1.54, 1.807) is 0 Å². The number of nitrogens with zero attached hydrogens (tertiary/aromatic N) is 1. The largest absolute Gasteiger partial charge is 0.370 e. The van der Waals surface area contributed by atoms with E-state index < -0.39 is 0 Å². The molecule has 1 aliphatic carbocycles. The quantitative estimate of drug-likeness (QED) is 0.447. The van der Waals surface area contributed by atoms with Gasteiger partial charge in [0.15, 0.2) is 5.96 Å². The van der Waals surface area contributed by atoms with Gasteiger partial charge in [-0.2, -0.15) is 11.8 Å². The van der Waals surface area contributed by atoms with E-state index in [4.69, 9.17) is 5.73 Å². The van der Waals surface area contributed by atoms with Crippen molar-refractivity contribution in [3.8, 4) is 0 Å². The summed E-state index contributed by atoms with van der Waals surface area (Å²) in [5.41, 5.74) is 5.97. The molecule has 1 heterocycles. The SMILES string of the molecule is CC1(CN=C(N)NC2CCCCC2)CCCS1.I. The molecule has 1 saturated carbocycles. The number of hydrogen-bond donors (Lipinski definition) is 2. The Kier molecular flexibility index (Phi) is 7.13. The Balaban J connectivity index is 0.00000162. The van der Waals surface area contributed by atoms with Crippen LogP contribution in [-0.2, 0) is 0 Å². The van der Waals surface area contributed by atoms with Crippen LogP contribution in [-0.4, -0.2) is 29.0 Å². The molecule has 0 aromatic rings. The second-order valence-corrected chi connectivity index (χ2v) is 7.27. The minimum Gasteiger partial charge on any atom is -0.370 e. The Morgan fingerprint density at radius 1 is 1.33 bits per heavy atom. The van der Waals surface area contributed by atoms with Crippen molar-refractivity contribution in [3.05, 3.63) is 0 Å². The summed E-state index contributed by atoms with van der Waals surface area (Å²) in [5, 5.41) is 3.38. The van der Waals surface area contributed by atoms with E-state index in [0.717, 1.165) is 6.54 Å². The highest BCUT2D eigenvalue weighted by Crippen LogP contribution is 2.37. The van der Waals surface area contributed by atoms with Crippen LogP contribution in [0.1, 0.15) is 51.9 Å². The van der Waals surface area contributed by atoms with Crippen LogP contribution in [0, 0.1) is 0 Å². The topological polar surface area (TPSA) is 50.4 Å². The third kappa shape index (κ3) is 5.15. The number of halogens is 1. The number of thioether (sulfide) groups is 1. The second kappa shape index (κ2) is 7.82. The molecule has 2 aliphatic rings. The first-order valence-electron chi connectivity index (χ1n) is 6.88. The molecule has 2 rings (SSSR count). The summed E-state index contributed by atoms with van der Waals surface area (Å²) in [7, 11) is 0. The number of nitrogens with one attached hydrogen (secondary N) is 1. The molecule has 3 N–H and O–H groups in total. The van der Waals surface area contributed by atoms with Crippen molar-refractivity contribution < 1.29 is 0 Å². The van der Waals surface area contributed by atoms with Gasteiger partial charge in [-0.25, -0.2) is 0 Å². The van der Waals surface area contributed by atoms with Crippen LogP contribution < -0.4 is 11.1 Å². The van der Waals surface area contributed by atoms with Crippen LogP contribution in [0.3, 0.4) is 0 Å². The maximum Gasteiger partial charge on any atom is 0.188 e. The van der Waals surface area contributed by atoms with E-state index in [2.05, 4.69) is 17.2 Å². The normalized spacial score (nSPS) is 29.9. The summed E-state index contributed by atoms with van der Waals surface area (Å²) in [6.45, 7) is 3.17. The average molecular weight is 383 g/mol. The predicted octanol–water partition coefficient (Wildman–Crippen LogP) is 3.13. The molecule has 2 fully saturated rings. The van der Waals surface area contributed by atoms with Crippen LogP contribution in [0.15, 0.2) is 4.99 Å². The molecule has 0 radical (unpaired) electrons. The summed E-state index contributed by atoms with van der Waals surface area (Å²) >= 11 is 2.04. The number of nitrogens with two attached hydrogens (primary N) is 1. The van der Waals surface area contributed by atoms with Crippen LogP contribution in [0.2, 0.25) is 0 Å². The molecule has 18 heavy (non-hydrogen) atoms. The number of guanidine groups is 1. The Bertz CT molecular complexity index is 271. The number of hydrogen-bond acceptors (Lipinski definition) is 2. The highest BCUT2D eigenvalue weighted by atomic mass is 127. The maximum absolute atomic E-state index is 5.97. The molecule has 1 atom stereocenters. The summed E-state index contributed by atoms with van der Waals surface area (Å²) in [6.07, 6.45) is 9.15. The van der Waals surface area contributed by atoms with E-state index in [-0.39, 0.29) is 24.0 Å². The van der Waals surface area contributed by atoms with Crippen LogP contribution in [0.5, 0.6) is 0 Å². The lowest BCUT2D eigenvalue weighted by molar-refractivity contribution is 0.412. The fourth-order valence-electron chi connectivity index (χ4n) is 2.72. The van der Waals surface area contributed by atoms with Gasteiger partial charge < -0.3 is 11.1 Å². The van der Waals surface area contributed by atoms with Gasteiger partial charge in [0.25, 0.3) is 0 Å². The molecule has 0 spiro atoms. The molecule has 5 heteroatoms. The third-order valence-electron chi connectivity index (χ3n) is 3.84. The van der Waals surface area contributed by atoms with Crippen LogP contribution in [0.4, 0.5) is 0 Å². The Labute approximate surface area is 132 Å². The van der Waals surface area contributed by atoms with Gasteiger partial charge in [-0.1, -0.05) is 19.3 Å². The molecule has 1 saturated heterocycles. The molecule has 106 valence electrons. The fourth-order valence-corrected chi connectivity index (χ4v) is 3.94. The smallest absolute Gasteiger partial charge is 0.188 e. The van der Waals surface area contributed by atoms with Crippen molar-refractivity contribution in [2.75, 3.05) is 12.3 Å². The zero-order valence-electron chi connectivity index (χ0n) is 11.3. The van der Waals surface area contributed by atoms with E-state index in [9.17, 15) is 0 Å². The van der Waals surface area contributed by atoms with Gasteiger partial charge >= 0.3 is 0 Å². The van der Waals surface area contributed by atoms with Gasteiger partial charge in [-0.05, 0) is 38.4 Å². The van der Waals surface area contributed by atoms with Gasteiger partial charge in [0.2, 0.25) is 0 Å². The molecular weight excluding hydrogens is 357 g/mol. The first kappa shape index (κ1) is 16.4. The zero-order valence-corrected chi connectivity index (χ0v) is 14.4. The van der Waals surface area contributed by atoms with E-state index in [0.29, 0.717) is 16.7 Å². The van der Waals surface area contributed by atoms with Crippen molar-refractivity contribution in [3.63, 3.8) is 0 Å². The van der Waals surface area contributed by atoms with Crippen molar-refractivity contribution in [2.45, 2.75) is 62.7 Å². The van der Waals surface area contributed by atoms with Crippen molar-refractivity contribution >= 4 is 41.7 Å². The standard InChI is InChI=1S/C13H25N3S.HI/c1-13(8-5-9-17-13)10-15-12(14)16-11-6-3-2-4-7-11;/h11H,2-10H2,1H3,(H3,14,15,16);1H. The molecule has 1 aliphatic heterocycles. The molecule has 0 aromatic carbocycles. The summed E-state index contributed by atoms with van der Waals surface area (Å²) in [4.78, 5) is 4.53. The Hall–Kier alpha value is 0.350. The monoisotopic (exact) mass is 383 g/mol. The van der Waals surface area contributed by atoms with Crippen LogP contribution in [0.25, 0.3) is 0 Å². The van der Waals surface area contributed by atoms with Crippen LogP contribution >= 0.6 is 35.7 Å². The fraction of sp³-hybridized carbons (Fsp3) is 0.923. The van der Waals surface area contributed by atoms with Gasteiger partial charge in [0.1, 0.15) is 0 Å². The van der Waals surface area contributed by atoms with E-state index in [1.807, 2.05) is 11.8 Å². The molecular formula is C13H26IN3S. The van der Waals surface area contributed by atoms with Crippen molar-refractivity contribution in [1.82, 2.24) is 5.32 Å². The van der Waals surface area contributed by atoms with Gasteiger partial charge in [-0.15, -0.1) is 24.0 Å². The van der Waals surface area contributed by atoms with Gasteiger partial charge in [-0.3, -0.25) is 4.99 Å². The maximum atomic E-state index is 5.97. The predicted molar refractivity (Wildman–Crippen MR) is 92.0 cm³/mol. The molecule has 0 amide bonds. The third-order valence-corrected chi connectivity index (χ3v) is 5.36. The Morgan fingerprint density at radius 3 is 2.67 bits per heavy atom. The zero-order chi connectivity index (χ0) is 12.1. The molecule has 3 nitrogen and oxygen atoms in total. The lowest BCUT2D eigenvalue weighted by Crippen LogP contribution is -2.41. The highest BCUT2D eigenvalue weighted by molar-refractivity contribution is 14.0.